The molecule has 1 aliphatic heterocycles. The molecule has 1 aromatic rings. The minimum Gasteiger partial charge on any atom is -0.465 e. The zero-order valence-corrected chi connectivity index (χ0v) is 17.0. The average Bonchev–Trinajstić information content (AvgIpc) is 2.67. The molecule has 1 heterocycles. The lowest BCUT2D eigenvalue weighted by Crippen LogP contribution is -2.52. The number of likely N-dealkylation sites (tertiary alicyclic amines) is 1. The molecule has 2 fully saturated rings. The second kappa shape index (κ2) is 9.33. The van der Waals surface area contributed by atoms with Gasteiger partial charge in [0.2, 0.25) is 5.91 Å². The molecule has 1 saturated heterocycles. The summed E-state index contributed by atoms with van der Waals surface area (Å²) < 4.78 is 42.1. The highest BCUT2D eigenvalue weighted by Gasteiger charge is 2.45. The number of halogens is 3. The summed E-state index contributed by atoms with van der Waals surface area (Å²) in [6.07, 6.45) is -1.99. The molecule has 1 aliphatic carbocycles. The van der Waals surface area contributed by atoms with E-state index in [4.69, 9.17) is 5.11 Å². The van der Waals surface area contributed by atoms with Gasteiger partial charge in [-0.25, -0.2) is 4.79 Å². The van der Waals surface area contributed by atoms with Crippen LogP contribution in [0.3, 0.4) is 0 Å². The minimum atomic E-state index is -4.86. The Morgan fingerprint density at radius 3 is 2.39 bits per heavy atom. The first kappa shape index (κ1) is 23.2. The van der Waals surface area contributed by atoms with Crippen LogP contribution in [-0.4, -0.2) is 58.2 Å². The van der Waals surface area contributed by atoms with Crippen LogP contribution in [0.15, 0.2) is 24.3 Å². The van der Waals surface area contributed by atoms with Gasteiger partial charge in [0, 0.05) is 19.1 Å². The molecule has 1 atom stereocenters. The number of alkyl halides is 3. The molecule has 3 N–H and O–H groups in total. The van der Waals surface area contributed by atoms with Crippen molar-refractivity contribution in [1.29, 1.82) is 0 Å². The largest absolute Gasteiger partial charge is 0.573 e. The summed E-state index contributed by atoms with van der Waals surface area (Å²) in [7, 11) is 0. The molecule has 0 unspecified atom stereocenters. The second-order valence-electron chi connectivity index (χ2n) is 8.27. The number of hydrogen-bond acceptors (Lipinski definition) is 4. The third kappa shape index (κ3) is 6.03. The van der Waals surface area contributed by atoms with Gasteiger partial charge in [0.25, 0.3) is 0 Å². The maximum absolute atomic E-state index is 13.5. The number of nitrogens with zero attached hydrogens (tertiary/aromatic N) is 1. The van der Waals surface area contributed by atoms with Crippen LogP contribution in [-0.2, 0) is 4.79 Å². The van der Waals surface area contributed by atoms with Crippen LogP contribution < -0.4 is 10.1 Å². The number of hydrogen-bond donors (Lipinski definition) is 3. The number of aliphatic hydroxyl groups is 1. The summed E-state index contributed by atoms with van der Waals surface area (Å²) >= 11 is 0. The Labute approximate surface area is 178 Å². The van der Waals surface area contributed by atoms with Crippen LogP contribution in [0.2, 0.25) is 0 Å². The topological polar surface area (TPSA) is 99.1 Å². The molecular formula is C21H27F3N2O5. The fourth-order valence-electron chi connectivity index (χ4n) is 4.63. The van der Waals surface area contributed by atoms with E-state index in [1.54, 1.807) is 4.90 Å². The van der Waals surface area contributed by atoms with Gasteiger partial charge in [0.05, 0.1) is 11.5 Å². The van der Waals surface area contributed by atoms with Crippen LogP contribution in [0.1, 0.15) is 56.4 Å². The Hall–Kier alpha value is -2.49. The first-order valence-corrected chi connectivity index (χ1v) is 10.4. The molecule has 0 bridgehead atoms. The Morgan fingerprint density at radius 2 is 1.81 bits per heavy atom. The summed E-state index contributed by atoms with van der Waals surface area (Å²) in [5.41, 5.74) is -1.08. The van der Waals surface area contributed by atoms with Crippen molar-refractivity contribution in [1.82, 2.24) is 10.2 Å². The lowest BCUT2D eigenvalue weighted by atomic mass is 9.72. The number of carbonyl (C=O) groups excluding carboxylic acids is 1. The van der Waals surface area contributed by atoms with E-state index in [0.29, 0.717) is 38.8 Å². The van der Waals surface area contributed by atoms with E-state index < -0.39 is 29.7 Å². The third-order valence-electron chi connectivity index (χ3n) is 6.06. The molecule has 1 saturated carbocycles. The Bertz CT molecular complexity index is 787. The molecule has 3 rings (SSSR count). The lowest BCUT2D eigenvalue weighted by Gasteiger charge is -2.42. The summed E-state index contributed by atoms with van der Waals surface area (Å²) in [6.45, 7) is 0.601. The Balaban J connectivity index is 1.85. The molecule has 1 aromatic carbocycles. The van der Waals surface area contributed by atoms with Gasteiger partial charge in [0.15, 0.2) is 0 Å². The number of carboxylic acid groups (broad SMARTS) is 1. The molecule has 10 heteroatoms. The number of rotatable bonds is 5. The predicted molar refractivity (Wildman–Crippen MR) is 105 cm³/mol. The SMILES string of the molecule is O=C(O)NC1CCN(C(=O)[C@H](c2cccc(OC(F)(F)F)c2)C2(O)CCCCC2)CC1. The van der Waals surface area contributed by atoms with Crippen molar-refractivity contribution in [2.24, 2.45) is 0 Å². The molecular weight excluding hydrogens is 417 g/mol. The van der Waals surface area contributed by atoms with Gasteiger partial charge in [0.1, 0.15) is 5.75 Å². The fourth-order valence-corrected chi connectivity index (χ4v) is 4.63. The van der Waals surface area contributed by atoms with Gasteiger partial charge < -0.3 is 25.2 Å². The standard InChI is InChI=1S/C21H27F3N2O5/c22-21(23,24)31-16-6-4-5-14(13-16)17(20(30)9-2-1-3-10-20)18(27)26-11-7-15(8-12-26)25-19(28)29/h4-6,13,15,17,25,30H,1-3,7-12H2,(H,28,29)/t17-/m0/s1. The fraction of sp³-hybridized carbons (Fsp3) is 0.619. The van der Waals surface area contributed by atoms with Crippen LogP contribution in [0.5, 0.6) is 5.75 Å². The average molecular weight is 444 g/mol. The summed E-state index contributed by atoms with van der Waals surface area (Å²) in [4.78, 5) is 25.9. The molecule has 0 spiro atoms. The van der Waals surface area contributed by atoms with E-state index in [9.17, 15) is 27.9 Å². The van der Waals surface area contributed by atoms with Crippen LogP contribution in [0.25, 0.3) is 0 Å². The third-order valence-corrected chi connectivity index (χ3v) is 6.06. The maximum atomic E-state index is 13.5. The maximum Gasteiger partial charge on any atom is 0.573 e. The van der Waals surface area contributed by atoms with Crippen molar-refractivity contribution in [2.75, 3.05) is 13.1 Å². The van der Waals surface area contributed by atoms with E-state index in [-0.39, 0.29) is 17.5 Å². The van der Waals surface area contributed by atoms with Crippen LogP contribution in [0.4, 0.5) is 18.0 Å². The van der Waals surface area contributed by atoms with Crippen molar-refractivity contribution < 1.29 is 37.7 Å². The number of benzene rings is 1. The normalized spacial score (nSPS) is 20.7. The van der Waals surface area contributed by atoms with E-state index in [2.05, 4.69) is 10.1 Å². The Morgan fingerprint density at radius 1 is 1.16 bits per heavy atom. The van der Waals surface area contributed by atoms with Crippen molar-refractivity contribution in [3.8, 4) is 5.75 Å². The number of ether oxygens (including phenoxy) is 1. The number of carbonyl (C=O) groups is 2. The van der Waals surface area contributed by atoms with Crippen molar-refractivity contribution in [3.63, 3.8) is 0 Å². The van der Waals surface area contributed by atoms with E-state index in [0.717, 1.165) is 25.3 Å². The van der Waals surface area contributed by atoms with Gasteiger partial charge in [-0.15, -0.1) is 13.2 Å². The minimum absolute atomic E-state index is 0.263. The number of amides is 2. The van der Waals surface area contributed by atoms with E-state index in [1.807, 2.05) is 0 Å². The second-order valence-corrected chi connectivity index (χ2v) is 8.27. The zero-order valence-electron chi connectivity index (χ0n) is 17.0. The molecule has 31 heavy (non-hydrogen) atoms. The highest BCUT2D eigenvalue weighted by molar-refractivity contribution is 5.85. The lowest BCUT2D eigenvalue weighted by molar-refractivity contribution is -0.274. The number of piperidine rings is 1. The monoisotopic (exact) mass is 444 g/mol. The molecule has 172 valence electrons. The van der Waals surface area contributed by atoms with Crippen molar-refractivity contribution >= 4 is 12.0 Å². The summed E-state index contributed by atoms with van der Waals surface area (Å²) in [5.74, 6) is -1.82. The van der Waals surface area contributed by atoms with Gasteiger partial charge in [-0.05, 0) is 43.4 Å². The zero-order chi connectivity index (χ0) is 22.6. The van der Waals surface area contributed by atoms with Gasteiger partial charge in [-0.1, -0.05) is 31.4 Å². The van der Waals surface area contributed by atoms with Crippen LogP contribution in [0, 0.1) is 0 Å². The van der Waals surface area contributed by atoms with Gasteiger partial charge in [-0.2, -0.15) is 0 Å². The first-order valence-electron chi connectivity index (χ1n) is 10.4. The molecule has 0 aromatic heterocycles. The Kier molecular flexibility index (Phi) is 6.98. The highest BCUT2D eigenvalue weighted by atomic mass is 19.4. The van der Waals surface area contributed by atoms with Crippen molar-refractivity contribution in [2.45, 2.75) is 68.9 Å². The first-order chi connectivity index (χ1) is 14.6. The van der Waals surface area contributed by atoms with E-state index in [1.165, 1.54) is 18.2 Å². The van der Waals surface area contributed by atoms with Gasteiger partial charge in [-0.3, -0.25) is 4.79 Å². The molecule has 2 aliphatic rings. The molecule has 0 radical (unpaired) electrons. The molecule has 7 nitrogen and oxygen atoms in total. The molecule has 2 amide bonds. The number of nitrogens with one attached hydrogen (secondary N) is 1. The van der Waals surface area contributed by atoms with E-state index >= 15 is 0 Å². The van der Waals surface area contributed by atoms with Crippen LogP contribution >= 0.6 is 0 Å². The predicted octanol–water partition coefficient (Wildman–Crippen LogP) is 3.62. The summed E-state index contributed by atoms with van der Waals surface area (Å²) in [6, 6.07) is 4.98. The summed E-state index contributed by atoms with van der Waals surface area (Å²) in [5, 5.41) is 22.7. The quantitative estimate of drug-likeness (QED) is 0.644. The van der Waals surface area contributed by atoms with Crippen molar-refractivity contribution in [3.05, 3.63) is 29.8 Å². The van der Waals surface area contributed by atoms with Gasteiger partial charge >= 0.3 is 12.5 Å². The smallest absolute Gasteiger partial charge is 0.465 e. The highest BCUT2D eigenvalue weighted by Crippen LogP contribution is 2.42.